The van der Waals surface area contributed by atoms with Crippen LogP contribution >= 0.6 is 0 Å². The summed E-state index contributed by atoms with van der Waals surface area (Å²) in [6, 6.07) is 8.25. The van der Waals surface area contributed by atoms with Crippen molar-refractivity contribution in [3.05, 3.63) is 30.1 Å². The Morgan fingerprint density at radius 1 is 1.19 bits per heavy atom. The maximum atomic E-state index is 12.4. The van der Waals surface area contributed by atoms with E-state index in [0.717, 1.165) is 74.9 Å². The smallest absolute Gasteiger partial charge is 0.312 e. The van der Waals surface area contributed by atoms with Gasteiger partial charge in [-0.1, -0.05) is 26.0 Å². The molecule has 1 atom stereocenters. The molecule has 0 bridgehead atoms. The minimum Gasteiger partial charge on any atom is -0.462 e. The lowest BCUT2D eigenvalue weighted by Crippen LogP contribution is -2.41. The van der Waals surface area contributed by atoms with E-state index in [2.05, 4.69) is 36.3 Å². The summed E-state index contributed by atoms with van der Waals surface area (Å²) in [5, 5.41) is 3.48. The van der Waals surface area contributed by atoms with E-state index in [9.17, 15) is 4.79 Å². The van der Waals surface area contributed by atoms with Crippen LogP contribution in [0.3, 0.4) is 0 Å². The maximum absolute atomic E-state index is 12.4. The standard InChI is InChI=1S/C22H31N3O2/c1-3-21(4-2)15-16(27-20(21)26)9-10-22(11-13-23-14-12-22)19-24-17-7-5-6-8-18(17)25-19/h5-8,16,23H,3-4,9-15H2,1-2H3,(H,24,25). The molecule has 5 heteroatoms. The van der Waals surface area contributed by atoms with E-state index < -0.39 is 0 Å². The number of nitrogens with zero attached hydrogens (tertiary/aromatic N) is 1. The number of fused-ring (bicyclic) bond motifs is 1. The number of benzene rings is 1. The highest BCUT2D eigenvalue weighted by Crippen LogP contribution is 2.44. The molecule has 2 fully saturated rings. The van der Waals surface area contributed by atoms with Gasteiger partial charge in [-0.3, -0.25) is 4.79 Å². The molecule has 4 rings (SSSR count). The van der Waals surface area contributed by atoms with Crippen molar-refractivity contribution in [2.75, 3.05) is 13.1 Å². The lowest BCUT2D eigenvalue weighted by atomic mass is 9.73. The number of cyclic esters (lactones) is 1. The lowest BCUT2D eigenvalue weighted by molar-refractivity contribution is -0.149. The van der Waals surface area contributed by atoms with Crippen LogP contribution in [0.1, 0.15) is 64.6 Å². The first-order chi connectivity index (χ1) is 13.1. The van der Waals surface area contributed by atoms with Crippen molar-refractivity contribution >= 4 is 17.0 Å². The zero-order chi connectivity index (χ0) is 18.9. The van der Waals surface area contributed by atoms with Gasteiger partial charge in [-0.25, -0.2) is 4.98 Å². The molecule has 1 aromatic heterocycles. The van der Waals surface area contributed by atoms with E-state index >= 15 is 0 Å². The predicted octanol–water partition coefficient (Wildman–Crippen LogP) is 4.09. The Kier molecular flexibility index (Phi) is 4.97. The summed E-state index contributed by atoms with van der Waals surface area (Å²) in [6.07, 6.45) is 6.73. The van der Waals surface area contributed by atoms with Crippen molar-refractivity contribution in [1.82, 2.24) is 15.3 Å². The van der Waals surface area contributed by atoms with Gasteiger partial charge in [0.25, 0.3) is 0 Å². The number of ether oxygens (including phenoxy) is 1. The summed E-state index contributed by atoms with van der Waals surface area (Å²) in [7, 11) is 0. The maximum Gasteiger partial charge on any atom is 0.312 e. The number of carbonyl (C=O) groups is 1. The summed E-state index contributed by atoms with van der Waals surface area (Å²) >= 11 is 0. The van der Waals surface area contributed by atoms with Crippen molar-refractivity contribution in [2.24, 2.45) is 5.41 Å². The topological polar surface area (TPSA) is 67.0 Å². The second-order valence-electron chi connectivity index (χ2n) is 8.39. The SMILES string of the molecule is CCC1(CC)CC(CCC2(c3nc4ccccc4[nH]3)CCNCC2)OC1=O. The van der Waals surface area contributed by atoms with Crippen LogP contribution in [-0.2, 0) is 14.9 Å². The first kappa shape index (κ1) is 18.5. The molecule has 2 N–H and O–H groups in total. The van der Waals surface area contributed by atoms with E-state index in [-0.39, 0.29) is 22.9 Å². The van der Waals surface area contributed by atoms with Gasteiger partial charge in [0.15, 0.2) is 0 Å². The van der Waals surface area contributed by atoms with E-state index in [1.807, 2.05) is 12.1 Å². The van der Waals surface area contributed by atoms with Gasteiger partial charge in [0.1, 0.15) is 11.9 Å². The predicted molar refractivity (Wildman–Crippen MR) is 107 cm³/mol. The molecule has 0 amide bonds. The van der Waals surface area contributed by atoms with Crippen LogP contribution in [0.4, 0.5) is 0 Å². The van der Waals surface area contributed by atoms with Crippen LogP contribution < -0.4 is 5.32 Å². The molecule has 0 spiro atoms. The molecule has 1 unspecified atom stereocenters. The van der Waals surface area contributed by atoms with Gasteiger partial charge in [-0.15, -0.1) is 0 Å². The number of rotatable bonds is 6. The minimum absolute atomic E-state index is 0.0144. The number of hydrogen-bond donors (Lipinski definition) is 2. The summed E-state index contributed by atoms with van der Waals surface area (Å²) < 4.78 is 5.80. The number of H-pyrrole nitrogens is 1. The molecule has 0 aliphatic carbocycles. The zero-order valence-corrected chi connectivity index (χ0v) is 16.5. The molecule has 5 nitrogen and oxygen atoms in total. The van der Waals surface area contributed by atoms with Crippen LogP contribution in [0.25, 0.3) is 11.0 Å². The Morgan fingerprint density at radius 3 is 2.59 bits per heavy atom. The summed E-state index contributed by atoms with van der Waals surface area (Å²) in [5.41, 5.74) is 1.92. The fourth-order valence-corrected chi connectivity index (χ4v) is 4.98. The number of carbonyl (C=O) groups excluding carboxylic acids is 1. The highest BCUT2D eigenvalue weighted by Gasteiger charge is 2.47. The van der Waals surface area contributed by atoms with Crippen molar-refractivity contribution in [3.63, 3.8) is 0 Å². The van der Waals surface area contributed by atoms with Crippen LogP contribution in [0.15, 0.2) is 24.3 Å². The second-order valence-corrected chi connectivity index (χ2v) is 8.39. The Balaban J connectivity index is 1.54. The largest absolute Gasteiger partial charge is 0.462 e. The molecule has 2 aliphatic heterocycles. The van der Waals surface area contributed by atoms with E-state index in [1.165, 1.54) is 0 Å². The highest BCUT2D eigenvalue weighted by atomic mass is 16.6. The van der Waals surface area contributed by atoms with Gasteiger partial charge in [0.2, 0.25) is 0 Å². The van der Waals surface area contributed by atoms with E-state index in [0.29, 0.717) is 0 Å². The Morgan fingerprint density at radius 2 is 1.93 bits per heavy atom. The first-order valence-corrected chi connectivity index (χ1v) is 10.5. The van der Waals surface area contributed by atoms with E-state index in [1.54, 1.807) is 0 Å². The van der Waals surface area contributed by atoms with Gasteiger partial charge < -0.3 is 15.0 Å². The van der Waals surface area contributed by atoms with Crippen LogP contribution in [0.5, 0.6) is 0 Å². The molecule has 2 saturated heterocycles. The van der Waals surface area contributed by atoms with Crippen LogP contribution in [0.2, 0.25) is 0 Å². The molecule has 146 valence electrons. The molecule has 0 radical (unpaired) electrons. The number of hydrogen-bond acceptors (Lipinski definition) is 4. The van der Waals surface area contributed by atoms with Crippen molar-refractivity contribution in [3.8, 4) is 0 Å². The van der Waals surface area contributed by atoms with E-state index in [4.69, 9.17) is 9.72 Å². The average Bonchev–Trinajstić information content (AvgIpc) is 3.29. The average molecular weight is 370 g/mol. The van der Waals surface area contributed by atoms with Crippen molar-refractivity contribution < 1.29 is 9.53 Å². The third-order valence-corrected chi connectivity index (χ3v) is 7.08. The van der Waals surface area contributed by atoms with Gasteiger partial charge in [-0.2, -0.15) is 0 Å². The number of aromatic amines is 1. The molecule has 1 aromatic carbocycles. The monoisotopic (exact) mass is 369 g/mol. The highest BCUT2D eigenvalue weighted by molar-refractivity contribution is 5.79. The number of aromatic nitrogens is 2. The number of esters is 1. The van der Waals surface area contributed by atoms with Gasteiger partial charge in [0.05, 0.1) is 16.4 Å². The Labute approximate surface area is 161 Å². The molecule has 2 aliphatic rings. The number of nitrogens with one attached hydrogen (secondary N) is 2. The van der Waals surface area contributed by atoms with Crippen molar-refractivity contribution in [1.29, 1.82) is 0 Å². The van der Waals surface area contributed by atoms with Crippen molar-refractivity contribution in [2.45, 2.75) is 70.3 Å². The molecule has 0 saturated carbocycles. The second kappa shape index (κ2) is 7.27. The quantitative estimate of drug-likeness (QED) is 0.753. The number of piperidine rings is 1. The first-order valence-electron chi connectivity index (χ1n) is 10.5. The fraction of sp³-hybridized carbons (Fsp3) is 0.636. The fourth-order valence-electron chi connectivity index (χ4n) is 4.98. The summed E-state index contributed by atoms with van der Waals surface area (Å²) in [4.78, 5) is 21.0. The van der Waals surface area contributed by atoms with Gasteiger partial charge in [-0.05, 0) is 63.7 Å². The van der Waals surface area contributed by atoms with Crippen LogP contribution in [-0.4, -0.2) is 35.1 Å². The number of imidazole rings is 1. The Hall–Kier alpha value is -1.88. The Bertz CT molecular complexity index is 770. The zero-order valence-electron chi connectivity index (χ0n) is 16.5. The molecule has 27 heavy (non-hydrogen) atoms. The third kappa shape index (κ3) is 3.27. The lowest BCUT2D eigenvalue weighted by Gasteiger charge is -2.36. The van der Waals surface area contributed by atoms with Gasteiger partial charge in [0, 0.05) is 11.8 Å². The summed E-state index contributed by atoms with van der Waals surface area (Å²) in [5.74, 6) is 1.12. The number of para-hydroxylation sites is 2. The van der Waals surface area contributed by atoms with Crippen LogP contribution in [0, 0.1) is 5.41 Å². The third-order valence-electron chi connectivity index (χ3n) is 7.08. The molecule has 3 heterocycles. The summed E-state index contributed by atoms with van der Waals surface area (Å²) in [6.45, 7) is 6.23. The van der Waals surface area contributed by atoms with Gasteiger partial charge >= 0.3 is 5.97 Å². The minimum atomic E-state index is -0.259. The molecular formula is C22H31N3O2. The normalized spacial score (nSPS) is 24.2. The molecule has 2 aromatic rings. The molecular weight excluding hydrogens is 338 g/mol.